The SMILES string of the molecule is COc1cccc(OC)c1-c1ccc(C[C@H](NC(=O)[C@]2(C)OC(C)CC2N)C(=O)O)cc1. The number of hydrogen-bond acceptors (Lipinski definition) is 6. The zero-order valence-electron chi connectivity index (χ0n) is 18.8. The molecule has 1 heterocycles. The summed E-state index contributed by atoms with van der Waals surface area (Å²) in [4.78, 5) is 24.6. The largest absolute Gasteiger partial charge is 0.496 e. The third-order valence-corrected chi connectivity index (χ3v) is 5.90. The lowest BCUT2D eigenvalue weighted by molar-refractivity contribution is -0.149. The number of amides is 1. The zero-order chi connectivity index (χ0) is 23.5. The number of carboxylic acids is 1. The molecule has 0 radical (unpaired) electrons. The predicted molar refractivity (Wildman–Crippen MR) is 120 cm³/mol. The Bertz CT molecular complexity index is 955. The summed E-state index contributed by atoms with van der Waals surface area (Å²) in [5.74, 6) is -0.305. The first-order valence-electron chi connectivity index (χ1n) is 10.5. The Morgan fingerprint density at radius 3 is 2.25 bits per heavy atom. The number of nitrogens with two attached hydrogens (primary N) is 1. The molecule has 0 aromatic heterocycles. The van der Waals surface area contributed by atoms with E-state index < -0.39 is 29.6 Å². The minimum Gasteiger partial charge on any atom is -0.496 e. The monoisotopic (exact) mass is 442 g/mol. The van der Waals surface area contributed by atoms with Crippen LogP contribution in [0, 0.1) is 0 Å². The van der Waals surface area contributed by atoms with Crippen LogP contribution in [0.5, 0.6) is 11.5 Å². The number of carbonyl (C=O) groups excluding carboxylic acids is 1. The van der Waals surface area contributed by atoms with Crippen LogP contribution in [0.2, 0.25) is 0 Å². The molecular formula is C24H30N2O6. The van der Waals surface area contributed by atoms with Crippen LogP contribution in [0.4, 0.5) is 0 Å². The Morgan fingerprint density at radius 1 is 1.19 bits per heavy atom. The molecule has 1 amide bonds. The van der Waals surface area contributed by atoms with Gasteiger partial charge in [-0.15, -0.1) is 0 Å². The molecule has 0 spiro atoms. The Morgan fingerprint density at radius 2 is 1.78 bits per heavy atom. The van der Waals surface area contributed by atoms with Gasteiger partial charge in [0, 0.05) is 12.5 Å². The number of aliphatic carboxylic acids is 1. The van der Waals surface area contributed by atoms with Crippen molar-refractivity contribution in [3.63, 3.8) is 0 Å². The van der Waals surface area contributed by atoms with E-state index in [0.29, 0.717) is 17.9 Å². The summed E-state index contributed by atoms with van der Waals surface area (Å²) in [5, 5.41) is 12.3. The van der Waals surface area contributed by atoms with E-state index in [1.165, 1.54) is 0 Å². The molecule has 2 aromatic rings. The number of benzene rings is 2. The summed E-state index contributed by atoms with van der Waals surface area (Å²) in [7, 11) is 3.18. The maximum atomic E-state index is 12.8. The fraction of sp³-hybridized carbons (Fsp3) is 0.417. The molecular weight excluding hydrogens is 412 g/mol. The molecule has 1 aliphatic rings. The summed E-state index contributed by atoms with van der Waals surface area (Å²) in [5.41, 5.74) is 7.25. The molecule has 8 nitrogen and oxygen atoms in total. The van der Waals surface area contributed by atoms with Crippen molar-refractivity contribution in [2.75, 3.05) is 14.2 Å². The molecule has 1 aliphatic heterocycles. The van der Waals surface area contributed by atoms with Gasteiger partial charge in [0.25, 0.3) is 5.91 Å². The number of methoxy groups -OCH3 is 2. The second kappa shape index (κ2) is 9.58. The first-order chi connectivity index (χ1) is 15.2. The fourth-order valence-corrected chi connectivity index (χ4v) is 4.04. The molecule has 2 unspecified atom stereocenters. The summed E-state index contributed by atoms with van der Waals surface area (Å²) in [6.45, 7) is 3.44. The molecule has 2 aromatic carbocycles. The molecule has 1 fully saturated rings. The Kier molecular flexibility index (Phi) is 7.06. The molecule has 0 bridgehead atoms. The van der Waals surface area contributed by atoms with E-state index >= 15 is 0 Å². The molecule has 4 N–H and O–H groups in total. The van der Waals surface area contributed by atoms with Crippen LogP contribution in [-0.2, 0) is 20.7 Å². The van der Waals surface area contributed by atoms with Gasteiger partial charge in [-0.1, -0.05) is 30.3 Å². The molecule has 8 heteroatoms. The minimum atomic E-state index is -1.25. The average molecular weight is 443 g/mol. The number of rotatable bonds is 8. The highest BCUT2D eigenvalue weighted by Crippen LogP contribution is 2.38. The third kappa shape index (κ3) is 4.71. The maximum Gasteiger partial charge on any atom is 0.326 e. The molecule has 0 aliphatic carbocycles. The second-order valence-electron chi connectivity index (χ2n) is 8.18. The molecule has 3 rings (SSSR count). The van der Waals surface area contributed by atoms with Gasteiger partial charge in [0.2, 0.25) is 0 Å². The highest BCUT2D eigenvalue weighted by atomic mass is 16.5. The van der Waals surface area contributed by atoms with E-state index in [1.54, 1.807) is 21.1 Å². The van der Waals surface area contributed by atoms with E-state index in [0.717, 1.165) is 16.7 Å². The maximum absolute atomic E-state index is 12.8. The number of hydrogen-bond donors (Lipinski definition) is 3. The van der Waals surface area contributed by atoms with Crippen molar-refractivity contribution in [3.05, 3.63) is 48.0 Å². The lowest BCUT2D eigenvalue weighted by Crippen LogP contribution is -2.57. The average Bonchev–Trinajstić information content (AvgIpc) is 3.05. The van der Waals surface area contributed by atoms with Crippen molar-refractivity contribution in [1.29, 1.82) is 0 Å². The number of nitrogens with one attached hydrogen (secondary N) is 1. The van der Waals surface area contributed by atoms with Gasteiger partial charge in [-0.25, -0.2) is 4.79 Å². The first kappa shape index (κ1) is 23.6. The second-order valence-corrected chi connectivity index (χ2v) is 8.18. The van der Waals surface area contributed by atoms with Crippen molar-refractivity contribution >= 4 is 11.9 Å². The Balaban J connectivity index is 1.77. The Hall–Kier alpha value is -3.10. The van der Waals surface area contributed by atoms with E-state index in [9.17, 15) is 14.7 Å². The third-order valence-electron chi connectivity index (χ3n) is 5.90. The lowest BCUT2D eigenvalue weighted by Gasteiger charge is -2.28. The molecule has 32 heavy (non-hydrogen) atoms. The van der Waals surface area contributed by atoms with Gasteiger partial charge in [0.05, 0.1) is 25.9 Å². The summed E-state index contributed by atoms with van der Waals surface area (Å²) >= 11 is 0. The number of carboxylic acid groups (broad SMARTS) is 1. The number of carbonyl (C=O) groups is 2. The van der Waals surface area contributed by atoms with E-state index in [4.69, 9.17) is 19.9 Å². The van der Waals surface area contributed by atoms with Crippen LogP contribution < -0.4 is 20.5 Å². The quantitative estimate of drug-likeness (QED) is 0.574. The van der Waals surface area contributed by atoms with Gasteiger partial charge < -0.3 is 30.4 Å². The van der Waals surface area contributed by atoms with Gasteiger partial charge in [-0.05, 0) is 43.5 Å². The van der Waals surface area contributed by atoms with Crippen molar-refractivity contribution in [2.24, 2.45) is 5.73 Å². The molecule has 172 valence electrons. The van der Waals surface area contributed by atoms with Gasteiger partial charge in [-0.3, -0.25) is 4.79 Å². The van der Waals surface area contributed by atoms with E-state index in [-0.39, 0.29) is 12.5 Å². The molecule has 0 saturated carbocycles. The highest BCUT2D eigenvalue weighted by Gasteiger charge is 2.48. The molecule has 4 atom stereocenters. The molecule has 1 saturated heterocycles. The van der Waals surface area contributed by atoms with E-state index in [2.05, 4.69) is 5.32 Å². The highest BCUT2D eigenvalue weighted by molar-refractivity contribution is 5.90. The van der Waals surface area contributed by atoms with Crippen molar-refractivity contribution < 1.29 is 28.9 Å². The normalized spacial score (nSPS) is 23.4. The number of ether oxygens (including phenoxy) is 3. The summed E-state index contributed by atoms with van der Waals surface area (Å²) < 4.78 is 16.6. The summed E-state index contributed by atoms with van der Waals surface area (Å²) in [6, 6.07) is 11.3. The van der Waals surface area contributed by atoms with Crippen LogP contribution in [0.25, 0.3) is 11.1 Å². The van der Waals surface area contributed by atoms with Gasteiger partial charge in [0.1, 0.15) is 17.5 Å². The van der Waals surface area contributed by atoms with Crippen LogP contribution in [0.1, 0.15) is 25.8 Å². The van der Waals surface area contributed by atoms with Crippen LogP contribution >= 0.6 is 0 Å². The zero-order valence-corrected chi connectivity index (χ0v) is 18.8. The smallest absolute Gasteiger partial charge is 0.326 e. The summed E-state index contributed by atoms with van der Waals surface area (Å²) in [6.07, 6.45) is 0.490. The Labute approximate surface area is 187 Å². The van der Waals surface area contributed by atoms with Crippen molar-refractivity contribution in [1.82, 2.24) is 5.32 Å². The van der Waals surface area contributed by atoms with Gasteiger partial charge >= 0.3 is 5.97 Å². The predicted octanol–water partition coefficient (Wildman–Crippen LogP) is 2.38. The lowest BCUT2D eigenvalue weighted by atomic mass is 9.94. The van der Waals surface area contributed by atoms with Crippen LogP contribution in [0.3, 0.4) is 0 Å². The van der Waals surface area contributed by atoms with E-state index in [1.807, 2.05) is 49.4 Å². The van der Waals surface area contributed by atoms with Crippen LogP contribution in [-0.4, -0.2) is 55.0 Å². The van der Waals surface area contributed by atoms with Gasteiger partial charge in [0.15, 0.2) is 5.60 Å². The van der Waals surface area contributed by atoms with Crippen molar-refractivity contribution in [3.8, 4) is 22.6 Å². The first-order valence-corrected chi connectivity index (χ1v) is 10.5. The fourth-order valence-electron chi connectivity index (χ4n) is 4.04. The standard InChI is InChI=1S/C24H30N2O6/c1-14-12-20(25)24(2,32-14)23(29)26-17(22(27)28)13-15-8-10-16(11-9-15)21-18(30-3)6-5-7-19(21)31-4/h5-11,14,17,20H,12-13,25H2,1-4H3,(H,26,29)(H,27,28)/t14?,17-,20?,24+/m0/s1. The minimum absolute atomic E-state index is 0.116. The topological polar surface area (TPSA) is 120 Å². The van der Waals surface area contributed by atoms with Crippen LogP contribution in [0.15, 0.2) is 42.5 Å². The van der Waals surface area contributed by atoms with Crippen molar-refractivity contribution in [2.45, 2.75) is 50.5 Å². The van der Waals surface area contributed by atoms with Gasteiger partial charge in [-0.2, -0.15) is 0 Å².